The number of fused-ring (bicyclic) bond motifs is 11. The Morgan fingerprint density at radius 3 is 1.98 bits per heavy atom. The van der Waals surface area contributed by atoms with E-state index in [0.717, 1.165) is 38.8 Å². The van der Waals surface area contributed by atoms with Crippen LogP contribution >= 0.6 is 0 Å². The molecule has 40 heavy (non-hydrogen) atoms. The quantitative estimate of drug-likeness (QED) is 0.217. The van der Waals surface area contributed by atoms with E-state index in [2.05, 4.69) is 130 Å². The van der Waals surface area contributed by atoms with Crippen molar-refractivity contribution in [3.63, 3.8) is 0 Å². The minimum absolute atomic E-state index is 0.691. The smallest absolute Gasteiger partial charge is 0.215 e. The monoisotopic (exact) mass is 511 g/mol. The molecule has 0 aliphatic heterocycles. The van der Waals surface area contributed by atoms with Crippen molar-refractivity contribution in [2.24, 2.45) is 0 Å². The largest absolute Gasteiger partial charge is 0.436 e. The fourth-order valence-corrected chi connectivity index (χ4v) is 6.39. The van der Waals surface area contributed by atoms with Crippen LogP contribution in [-0.4, -0.2) is 14.5 Å². The average molecular weight is 512 g/mol. The Bertz CT molecular complexity index is 2410. The highest BCUT2D eigenvalue weighted by atomic mass is 16.3. The maximum atomic E-state index is 6.35. The van der Waals surface area contributed by atoms with Crippen LogP contribution < -0.4 is 0 Å². The highest BCUT2D eigenvalue weighted by molar-refractivity contribution is 6.25. The number of rotatable bonds is 2. The predicted octanol–water partition coefficient (Wildman–Crippen LogP) is 9.45. The Morgan fingerprint density at radius 1 is 0.550 bits per heavy atom. The lowest BCUT2D eigenvalue weighted by molar-refractivity contribution is 0.642. The van der Waals surface area contributed by atoms with Gasteiger partial charge < -0.3 is 4.42 Å². The summed E-state index contributed by atoms with van der Waals surface area (Å²) in [7, 11) is 0. The molecule has 0 spiro atoms. The molecule has 0 unspecified atom stereocenters. The van der Waals surface area contributed by atoms with E-state index in [-0.39, 0.29) is 0 Å². The zero-order valence-corrected chi connectivity index (χ0v) is 21.4. The molecular weight excluding hydrogens is 490 g/mol. The van der Waals surface area contributed by atoms with Gasteiger partial charge in [0.2, 0.25) is 5.71 Å². The van der Waals surface area contributed by atoms with Crippen molar-refractivity contribution in [1.29, 1.82) is 0 Å². The van der Waals surface area contributed by atoms with Crippen molar-refractivity contribution < 1.29 is 4.42 Å². The van der Waals surface area contributed by atoms with Gasteiger partial charge in [-0.25, -0.2) is 9.97 Å². The normalized spacial score (nSPS) is 12.0. The molecule has 3 aromatic heterocycles. The van der Waals surface area contributed by atoms with Crippen LogP contribution in [0.5, 0.6) is 0 Å². The Kier molecular flexibility index (Phi) is 4.30. The highest BCUT2D eigenvalue weighted by Gasteiger charge is 2.20. The SMILES string of the molecule is c1cc(-c2ccc3c4ccccc4c4ccccc4c3c2)cc(-n2c3ccccc3c3c4ncncc4oc32)c1. The summed E-state index contributed by atoms with van der Waals surface area (Å²) in [4.78, 5) is 8.72. The van der Waals surface area contributed by atoms with Crippen LogP contribution in [0.3, 0.4) is 0 Å². The van der Waals surface area contributed by atoms with Gasteiger partial charge in [0.1, 0.15) is 11.8 Å². The number of nitrogens with zero attached hydrogens (tertiary/aromatic N) is 3. The first-order valence-electron chi connectivity index (χ1n) is 13.4. The van der Waals surface area contributed by atoms with Crippen LogP contribution in [0.1, 0.15) is 0 Å². The number of aromatic nitrogens is 3. The Hall–Kier alpha value is -5.48. The van der Waals surface area contributed by atoms with E-state index in [9.17, 15) is 0 Å². The predicted molar refractivity (Wildman–Crippen MR) is 164 cm³/mol. The molecule has 4 heteroatoms. The van der Waals surface area contributed by atoms with Gasteiger partial charge in [-0.3, -0.25) is 4.57 Å². The second-order valence-corrected chi connectivity index (χ2v) is 10.3. The van der Waals surface area contributed by atoms with Crippen LogP contribution in [0.2, 0.25) is 0 Å². The molecule has 9 rings (SSSR count). The zero-order valence-electron chi connectivity index (χ0n) is 21.4. The summed E-state index contributed by atoms with van der Waals surface area (Å²) in [5.74, 6) is 0. The van der Waals surface area contributed by atoms with Crippen molar-refractivity contribution in [3.8, 4) is 16.8 Å². The molecule has 0 fully saturated rings. The molecule has 9 aromatic rings. The van der Waals surface area contributed by atoms with Crippen LogP contribution in [0.4, 0.5) is 0 Å². The fourth-order valence-electron chi connectivity index (χ4n) is 6.39. The van der Waals surface area contributed by atoms with Crippen LogP contribution in [-0.2, 0) is 0 Å². The summed E-state index contributed by atoms with van der Waals surface area (Å²) in [6.45, 7) is 0. The lowest BCUT2D eigenvalue weighted by Gasteiger charge is -2.13. The lowest BCUT2D eigenvalue weighted by Crippen LogP contribution is -1.93. The number of para-hydroxylation sites is 1. The van der Waals surface area contributed by atoms with E-state index in [4.69, 9.17) is 4.42 Å². The van der Waals surface area contributed by atoms with Crippen molar-refractivity contribution in [2.75, 3.05) is 0 Å². The molecule has 0 radical (unpaired) electrons. The van der Waals surface area contributed by atoms with Gasteiger partial charge in [0, 0.05) is 11.1 Å². The number of hydrogen-bond donors (Lipinski definition) is 0. The van der Waals surface area contributed by atoms with Crippen LogP contribution in [0.15, 0.2) is 132 Å². The van der Waals surface area contributed by atoms with Gasteiger partial charge in [-0.15, -0.1) is 0 Å². The van der Waals surface area contributed by atoms with E-state index in [1.54, 1.807) is 12.5 Å². The lowest BCUT2D eigenvalue weighted by atomic mass is 9.92. The molecule has 0 aliphatic carbocycles. The van der Waals surface area contributed by atoms with Crippen molar-refractivity contribution in [3.05, 3.63) is 128 Å². The minimum atomic E-state index is 0.691. The molecule has 0 atom stereocenters. The molecule has 0 saturated carbocycles. The fraction of sp³-hybridized carbons (Fsp3) is 0. The first-order chi connectivity index (χ1) is 19.8. The van der Waals surface area contributed by atoms with E-state index in [1.165, 1.54) is 37.9 Å². The molecule has 0 N–H and O–H groups in total. The third-order valence-electron chi connectivity index (χ3n) is 8.14. The topological polar surface area (TPSA) is 43.9 Å². The summed E-state index contributed by atoms with van der Waals surface area (Å²) < 4.78 is 8.55. The third-order valence-corrected chi connectivity index (χ3v) is 8.14. The average Bonchev–Trinajstić information content (AvgIpc) is 3.56. The molecule has 3 heterocycles. The molecular formula is C36H21N3O. The van der Waals surface area contributed by atoms with Gasteiger partial charge >= 0.3 is 0 Å². The number of benzene rings is 6. The summed E-state index contributed by atoms with van der Waals surface area (Å²) in [5, 5.41) is 9.80. The zero-order chi connectivity index (χ0) is 26.2. The first-order valence-corrected chi connectivity index (χ1v) is 13.4. The van der Waals surface area contributed by atoms with Crippen LogP contribution in [0.25, 0.3) is 82.2 Å². The molecule has 6 aromatic carbocycles. The van der Waals surface area contributed by atoms with Gasteiger partial charge in [-0.2, -0.15) is 0 Å². The van der Waals surface area contributed by atoms with Gasteiger partial charge in [0.25, 0.3) is 0 Å². The highest BCUT2D eigenvalue weighted by Crippen LogP contribution is 2.40. The summed E-state index contributed by atoms with van der Waals surface area (Å²) >= 11 is 0. The van der Waals surface area contributed by atoms with Gasteiger partial charge in [-0.05, 0) is 67.7 Å². The van der Waals surface area contributed by atoms with Crippen LogP contribution in [0, 0.1) is 0 Å². The van der Waals surface area contributed by atoms with Gasteiger partial charge in [0.05, 0.1) is 17.1 Å². The van der Waals surface area contributed by atoms with E-state index >= 15 is 0 Å². The molecule has 0 bridgehead atoms. The third kappa shape index (κ3) is 2.90. The van der Waals surface area contributed by atoms with E-state index in [1.807, 2.05) is 0 Å². The Labute approximate surface area is 228 Å². The van der Waals surface area contributed by atoms with Crippen molar-refractivity contribution in [1.82, 2.24) is 14.5 Å². The van der Waals surface area contributed by atoms with E-state index < -0.39 is 0 Å². The summed E-state index contributed by atoms with van der Waals surface area (Å²) in [6, 6.07) is 41.3. The molecule has 0 aliphatic rings. The second-order valence-electron chi connectivity index (χ2n) is 10.3. The number of furan rings is 1. The van der Waals surface area contributed by atoms with E-state index in [0.29, 0.717) is 5.58 Å². The molecule has 4 nitrogen and oxygen atoms in total. The van der Waals surface area contributed by atoms with Crippen molar-refractivity contribution in [2.45, 2.75) is 0 Å². The summed E-state index contributed by atoms with van der Waals surface area (Å²) in [6.07, 6.45) is 3.32. The summed E-state index contributed by atoms with van der Waals surface area (Å²) in [5.41, 5.74) is 6.77. The maximum absolute atomic E-state index is 6.35. The Morgan fingerprint density at radius 2 is 1.20 bits per heavy atom. The van der Waals surface area contributed by atoms with Crippen molar-refractivity contribution >= 4 is 65.4 Å². The maximum Gasteiger partial charge on any atom is 0.215 e. The first kappa shape index (κ1) is 21.5. The van der Waals surface area contributed by atoms with Gasteiger partial charge in [-0.1, -0.05) is 91.0 Å². The molecule has 0 saturated heterocycles. The molecule has 0 amide bonds. The standard InChI is InChI=1S/C36H21N3O/c1-2-12-27-25(10-1)26-11-3-4-13-28(26)31-19-23(16-17-29(27)31)22-8-7-9-24(18-22)39-32-15-6-5-14-30(32)34-35-33(40-36(34)39)20-37-21-38-35/h1-21H. The van der Waals surface area contributed by atoms with Gasteiger partial charge in [0.15, 0.2) is 5.58 Å². The Balaban J connectivity index is 1.30. The molecule has 186 valence electrons. The second kappa shape index (κ2) is 8.01. The minimum Gasteiger partial charge on any atom is -0.436 e. The number of hydrogen-bond acceptors (Lipinski definition) is 3.